The molecule has 0 aliphatic heterocycles. The lowest BCUT2D eigenvalue weighted by Crippen LogP contribution is -2.24. The summed E-state index contributed by atoms with van der Waals surface area (Å²) < 4.78 is 14.5. The maximum Gasteiger partial charge on any atom is 0.123 e. The van der Waals surface area contributed by atoms with Gasteiger partial charge in [-0.05, 0) is 47.0 Å². The highest BCUT2D eigenvalue weighted by Crippen LogP contribution is 2.32. The van der Waals surface area contributed by atoms with Crippen LogP contribution >= 0.6 is 11.3 Å². The number of rotatable bonds is 3. The van der Waals surface area contributed by atoms with Crippen LogP contribution < -0.4 is 0 Å². The van der Waals surface area contributed by atoms with E-state index in [1.165, 1.54) is 16.8 Å². The molecule has 0 spiro atoms. The van der Waals surface area contributed by atoms with Crippen LogP contribution in [0.15, 0.2) is 53.9 Å². The summed E-state index contributed by atoms with van der Waals surface area (Å²) in [7, 11) is 0. The van der Waals surface area contributed by atoms with Gasteiger partial charge in [0.05, 0.1) is 5.60 Å². The average molecular weight is 286 g/mol. The standard InChI is InChI=1S/C17H15FOS/c1-17(19,13-5-4-6-14(18)9-13)10-12-11-20-16-8-3-2-7-15(12)16/h2-9,11,19H,10H2,1H3. The van der Waals surface area contributed by atoms with Crippen molar-refractivity contribution in [1.29, 1.82) is 0 Å². The first-order valence-electron chi connectivity index (χ1n) is 6.50. The molecule has 3 rings (SSSR count). The van der Waals surface area contributed by atoms with Gasteiger partial charge in [0.25, 0.3) is 0 Å². The predicted octanol–water partition coefficient (Wildman–Crippen LogP) is 4.49. The molecule has 1 unspecified atom stereocenters. The fourth-order valence-corrected chi connectivity index (χ4v) is 3.43. The molecule has 0 bridgehead atoms. The molecule has 1 aromatic heterocycles. The zero-order valence-electron chi connectivity index (χ0n) is 11.1. The summed E-state index contributed by atoms with van der Waals surface area (Å²) >= 11 is 1.67. The lowest BCUT2D eigenvalue weighted by atomic mass is 9.89. The fourth-order valence-electron chi connectivity index (χ4n) is 2.47. The fraction of sp³-hybridized carbons (Fsp3) is 0.176. The van der Waals surface area contributed by atoms with Crippen LogP contribution in [0.3, 0.4) is 0 Å². The first-order chi connectivity index (χ1) is 9.56. The molecule has 0 radical (unpaired) electrons. The number of thiophene rings is 1. The predicted molar refractivity (Wildman–Crippen MR) is 81.5 cm³/mol. The third-order valence-corrected chi connectivity index (χ3v) is 4.55. The largest absolute Gasteiger partial charge is 0.385 e. The van der Waals surface area contributed by atoms with Crippen molar-refractivity contribution in [3.63, 3.8) is 0 Å². The topological polar surface area (TPSA) is 20.2 Å². The van der Waals surface area contributed by atoms with E-state index in [9.17, 15) is 9.50 Å². The first-order valence-corrected chi connectivity index (χ1v) is 7.38. The molecule has 0 amide bonds. The van der Waals surface area contributed by atoms with Gasteiger partial charge in [0, 0.05) is 11.1 Å². The van der Waals surface area contributed by atoms with Crippen molar-refractivity contribution in [2.24, 2.45) is 0 Å². The van der Waals surface area contributed by atoms with Crippen molar-refractivity contribution >= 4 is 21.4 Å². The molecular formula is C17H15FOS. The van der Waals surface area contributed by atoms with Crippen LogP contribution in [0.4, 0.5) is 4.39 Å². The summed E-state index contributed by atoms with van der Waals surface area (Å²) in [6.07, 6.45) is 0.473. The number of benzene rings is 2. The number of hydrogen-bond donors (Lipinski definition) is 1. The van der Waals surface area contributed by atoms with E-state index in [4.69, 9.17) is 0 Å². The van der Waals surface area contributed by atoms with E-state index < -0.39 is 5.60 Å². The van der Waals surface area contributed by atoms with Gasteiger partial charge < -0.3 is 5.11 Å². The molecule has 0 aliphatic rings. The molecule has 1 nitrogen and oxygen atoms in total. The highest BCUT2D eigenvalue weighted by atomic mass is 32.1. The van der Waals surface area contributed by atoms with Gasteiger partial charge in [-0.25, -0.2) is 4.39 Å². The van der Waals surface area contributed by atoms with Crippen LogP contribution in [-0.4, -0.2) is 5.11 Å². The highest BCUT2D eigenvalue weighted by Gasteiger charge is 2.25. The summed E-state index contributed by atoms with van der Waals surface area (Å²) in [5.41, 5.74) is 0.624. The van der Waals surface area contributed by atoms with Crippen molar-refractivity contribution in [1.82, 2.24) is 0 Å². The molecule has 0 saturated heterocycles. The second-order valence-corrected chi connectivity index (χ2v) is 6.13. The Balaban J connectivity index is 1.97. The summed E-state index contributed by atoms with van der Waals surface area (Å²) in [6.45, 7) is 1.73. The minimum atomic E-state index is -1.08. The monoisotopic (exact) mass is 286 g/mol. The van der Waals surface area contributed by atoms with Gasteiger partial charge in [-0.15, -0.1) is 11.3 Å². The minimum Gasteiger partial charge on any atom is -0.385 e. The number of hydrogen-bond acceptors (Lipinski definition) is 2. The normalized spacial score (nSPS) is 14.3. The Morgan fingerprint density at radius 2 is 1.95 bits per heavy atom. The van der Waals surface area contributed by atoms with Crippen molar-refractivity contribution in [2.75, 3.05) is 0 Å². The molecule has 3 heteroatoms. The number of fused-ring (bicyclic) bond motifs is 1. The van der Waals surface area contributed by atoms with Gasteiger partial charge in [-0.2, -0.15) is 0 Å². The molecule has 20 heavy (non-hydrogen) atoms. The lowest BCUT2D eigenvalue weighted by Gasteiger charge is -2.23. The van der Waals surface area contributed by atoms with E-state index >= 15 is 0 Å². The maximum absolute atomic E-state index is 13.3. The lowest BCUT2D eigenvalue weighted by molar-refractivity contribution is 0.0577. The van der Waals surface area contributed by atoms with E-state index in [1.54, 1.807) is 30.4 Å². The van der Waals surface area contributed by atoms with E-state index in [2.05, 4.69) is 17.5 Å². The Morgan fingerprint density at radius 1 is 1.15 bits per heavy atom. The molecule has 1 atom stereocenters. The Hall–Kier alpha value is -1.71. The smallest absolute Gasteiger partial charge is 0.123 e. The van der Waals surface area contributed by atoms with Crippen molar-refractivity contribution in [3.8, 4) is 0 Å². The maximum atomic E-state index is 13.3. The second kappa shape index (κ2) is 5.00. The minimum absolute atomic E-state index is 0.321. The van der Waals surface area contributed by atoms with Crippen molar-refractivity contribution in [3.05, 3.63) is 70.9 Å². The van der Waals surface area contributed by atoms with Gasteiger partial charge >= 0.3 is 0 Å². The van der Waals surface area contributed by atoms with Crippen LogP contribution in [0.25, 0.3) is 10.1 Å². The molecule has 0 saturated carbocycles. The van der Waals surface area contributed by atoms with Gasteiger partial charge in [0.15, 0.2) is 0 Å². The van der Waals surface area contributed by atoms with Crippen LogP contribution in [0, 0.1) is 5.82 Å². The van der Waals surface area contributed by atoms with Gasteiger partial charge in [-0.1, -0.05) is 30.3 Å². The third-order valence-electron chi connectivity index (χ3n) is 3.54. The van der Waals surface area contributed by atoms with E-state index in [-0.39, 0.29) is 5.82 Å². The molecule has 102 valence electrons. The Bertz CT molecular complexity index is 745. The van der Waals surface area contributed by atoms with Gasteiger partial charge in [0.2, 0.25) is 0 Å². The second-order valence-electron chi connectivity index (χ2n) is 5.22. The molecule has 2 aromatic carbocycles. The van der Waals surface area contributed by atoms with Crippen molar-refractivity contribution in [2.45, 2.75) is 18.9 Å². The van der Waals surface area contributed by atoms with Crippen LogP contribution in [0.2, 0.25) is 0 Å². The van der Waals surface area contributed by atoms with Gasteiger partial charge in [-0.3, -0.25) is 0 Å². The summed E-state index contributed by atoms with van der Waals surface area (Å²) in [4.78, 5) is 0. The molecule has 1 N–H and O–H groups in total. The highest BCUT2D eigenvalue weighted by molar-refractivity contribution is 7.17. The van der Waals surface area contributed by atoms with Crippen LogP contribution in [0.1, 0.15) is 18.1 Å². The summed E-state index contributed by atoms with van der Waals surface area (Å²) in [6, 6.07) is 14.3. The van der Waals surface area contributed by atoms with E-state index in [0.717, 1.165) is 10.9 Å². The Morgan fingerprint density at radius 3 is 2.75 bits per heavy atom. The quantitative estimate of drug-likeness (QED) is 0.752. The number of halogens is 1. The zero-order chi connectivity index (χ0) is 14.2. The molecule has 1 heterocycles. The molecule has 3 aromatic rings. The van der Waals surface area contributed by atoms with Crippen LogP contribution in [0.5, 0.6) is 0 Å². The van der Waals surface area contributed by atoms with E-state index in [1.807, 2.05) is 12.1 Å². The summed E-state index contributed by atoms with van der Waals surface area (Å²) in [5, 5.41) is 13.9. The molecule has 0 fully saturated rings. The molecule has 0 aliphatic carbocycles. The summed E-state index contributed by atoms with van der Waals surface area (Å²) in [5.74, 6) is -0.321. The third kappa shape index (κ3) is 2.47. The number of aliphatic hydroxyl groups is 1. The Kier molecular flexibility index (Phi) is 3.32. The average Bonchev–Trinajstić information content (AvgIpc) is 2.82. The van der Waals surface area contributed by atoms with E-state index in [0.29, 0.717) is 12.0 Å². The van der Waals surface area contributed by atoms with Crippen molar-refractivity contribution < 1.29 is 9.50 Å². The van der Waals surface area contributed by atoms with Gasteiger partial charge in [0.1, 0.15) is 5.82 Å². The molecular weight excluding hydrogens is 271 g/mol. The SMILES string of the molecule is CC(O)(Cc1csc2ccccc12)c1cccc(F)c1. The zero-order valence-corrected chi connectivity index (χ0v) is 12.0. The van der Waals surface area contributed by atoms with Crippen LogP contribution in [-0.2, 0) is 12.0 Å². The first kappa shape index (κ1) is 13.3. The Labute approximate surface area is 121 Å².